The van der Waals surface area contributed by atoms with Gasteiger partial charge in [-0.2, -0.15) is 0 Å². The van der Waals surface area contributed by atoms with Crippen LogP contribution in [0.4, 0.5) is 0 Å². The third-order valence-corrected chi connectivity index (χ3v) is 3.68. The van der Waals surface area contributed by atoms with Crippen molar-refractivity contribution in [2.45, 2.75) is 36.0 Å². The second-order valence-electron chi connectivity index (χ2n) is 5.19. The zero-order valence-electron chi connectivity index (χ0n) is 10.6. The Kier molecular flexibility index (Phi) is 3.58. The molecule has 0 aliphatic heterocycles. The van der Waals surface area contributed by atoms with Gasteiger partial charge >= 0.3 is 0 Å². The van der Waals surface area contributed by atoms with E-state index in [1.54, 1.807) is 0 Å². The fourth-order valence-electron chi connectivity index (χ4n) is 1.65. The molecule has 0 spiro atoms. The Bertz CT molecular complexity index is 480. The van der Waals surface area contributed by atoms with Crippen LogP contribution in [-0.2, 0) is 5.41 Å². The normalized spacial score (nSPS) is 11.5. The van der Waals surface area contributed by atoms with Crippen LogP contribution in [0.2, 0.25) is 0 Å². The minimum absolute atomic E-state index is 0.216. The van der Waals surface area contributed by atoms with Crippen LogP contribution in [-0.4, -0.2) is 0 Å². The van der Waals surface area contributed by atoms with Gasteiger partial charge in [0.1, 0.15) is 0 Å². The molecule has 0 aromatic heterocycles. The molecule has 2 rings (SSSR count). The average Bonchev–Trinajstić information content (AvgIpc) is 2.29. The third kappa shape index (κ3) is 3.37. The molecule has 17 heavy (non-hydrogen) atoms. The summed E-state index contributed by atoms with van der Waals surface area (Å²) < 4.78 is 0. The molecule has 0 N–H and O–H groups in total. The molecular formula is C16H18S. The van der Waals surface area contributed by atoms with Gasteiger partial charge in [0.2, 0.25) is 0 Å². The fraction of sp³-hybridized carbons (Fsp3) is 0.250. The van der Waals surface area contributed by atoms with Crippen LogP contribution in [0.5, 0.6) is 0 Å². The second-order valence-corrected chi connectivity index (χ2v) is 6.34. The van der Waals surface area contributed by atoms with Gasteiger partial charge in [0, 0.05) is 9.79 Å². The van der Waals surface area contributed by atoms with Gasteiger partial charge in [-0.05, 0) is 35.2 Å². The van der Waals surface area contributed by atoms with E-state index >= 15 is 0 Å². The molecule has 1 heteroatoms. The number of hydrogen-bond acceptors (Lipinski definition) is 1. The van der Waals surface area contributed by atoms with Crippen molar-refractivity contribution in [2.24, 2.45) is 0 Å². The highest BCUT2D eigenvalue weighted by Gasteiger charge is 2.13. The van der Waals surface area contributed by atoms with Crippen molar-refractivity contribution in [2.75, 3.05) is 0 Å². The number of hydrogen-bond donors (Lipinski definition) is 0. The highest BCUT2D eigenvalue weighted by molar-refractivity contribution is 7.99. The highest BCUT2D eigenvalue weighted by atomic mass is 32.2. The number of rotatable bonds is 2. The Morgan fingerprint density at radius 2 is 1.41 bits per heavy atom. The predicted molar refractivity (Wildman–Crippen MR) is 75.7 cm³/mol. The highest BCUT2D eigenvalue weighted by Crippen LogP contribution is 2.31. The lowest BCUT2D eigenvalue weighted by Gasteiger charge is -2.19. The van der Waals surface area contributed by atoms with Crippen LogP contribution in [0, 0.1) is 0 Å². The zero-order valence-corrected chi connectivity index (χ0v) is 11.4. The monoisotopic (exact) mass is 242 g/mol. The minimum atomic E-state index is 0.216. The zero-order chi connectivity index (χ0) is 12.3. The van der Waals surface area contributed by atoms with Crippen molar-refractivity contribution in [3.05, 3.63) is 60.2 Å². The van der Waals surface area contributed by atoms with Gasteiger partial charge in [-0.15, -0.1) is 0 Å². The first-order chi connectivity index (χ1) is 8.05. The van der Waals surface area contributed by atoms with Crippen LogP contribution in [0.15, 0.2) is 64.4 Å². The van der Waals surface area contributed by atoms with Crippen molar-refractivity contribution < 1.29 is 0 Å². The number of benzene rings is 2. The van der Waals surface area contributed by atoms with Crippen molar-refractivity contribution in [3.63, 3.8) is 0 Å². The summed E-state index contributed by atoms with van der Waals surface area (Å²) in [5.41, 5.74) is 1.60. The van der Waals surface area contributed by atoms with Gasteiger partial charge < -0.3 is 0 Å². The first-order valence-electron chi connectivity index (χ1n) is 5.89. The average molecular weight is 242 g/mol. The molecule has 0 unspecified atom stereocenters. The standard InChI is InChI=1S/C16H18S/c1-16(2,3)13-8-7-11-15(12-13)17-14-9-5-4-6-10-14/h4-12H,1-3H3. The quantitative estimate of drug-likeness (QED) is 0.703. The van der Waals surface area contributed by atoms with E-state index < -0.39 is 0 Å². The molecule has 0 atom stereocenters. The van der Waals surface area contributed by atoms with Gasteiger partial charge in [0.15, 0.2) is 0 Å². The van der Waals surface area contributed by atoms with E-state index in [1.807, 2.05) is 11.8 Å². The predicted octanol–water partition coefficient (Wildman–Crippen LogP) is 5.14. The summed E-state index contributed by atoms with van der Waals surface area (Å²) in [6.07, 6.45) is 0. The minimum Gasteiger partial charge on any atom is -0.0901 e. The van der Waals surface area contributed by atoms with Gasteiger partial charge in [0.05, 0.1) is 0 Å². The molecule has 0 fully saturated rings. The Hall–Kier alpha value is -1.21. The molecule has 0 radical (unpaired) electrons. The van der Waals surface area contributed by atoms with Crippen LogP contribution in [0.3, 0.4) is 0 Å². The Labute approximate surface area is 108 Å². The Balaban J connectivity index is 2.23. The van der Waals surface area contributed by atoms with Crippen LogP contribution in [0.25, 0.3) is 0 Å². The van der Waals surface area contributed by atoms with Crippen molar-refractivity contribution in [3.8, 4) is 0 Å². The van der Waals surface area contributed by atoms with Crippen molar-refractivity contribution >= 4 is 11.8 Å². The summed E-state index contributed by atoms with van der Waals surface area (Å²) in [6.45, 7) is 6.75. The maximum absolute atomic E-state index is 2.29. The summed E-state index contributed by atoms with van der Waals surface area (Å²) >= 11 is 1.82. The smallest absolute Gasteiger partial charge is 0.0125 e. The lowest BCUT2D eigenvalue weighted by molar-refractivity contribution is 0.588. The van der Waals surface area contributed by atoms with Gasteiger partial charge in [0.25, 0.3) is 0 Å². The molecule has 2 aromatic carbocycles. The molecule has 0 aliphatic rings. The summed E-state index contributed by atoms with van der Waals surface area (Å²) in [5, 5.41) is 0. The van der Waals surface area contributed by atoms with E-state index in [0.29, 0.717) is 0 Å². The van der Waals surface area contributed by atoms with Crippen LogP contribution in [0.1, 0.15) is 26.3 Å². The first kappa shape index (κ1) is 12.3. The maximum Gasteiger partial charge on any atom is 0.0125 e. The van der Waals surface area contributed by atoms with E-state index in [2.05, 4.69) is 75.4 Å². The van der Waals surface area contributed by atoms with Gasteiger partial charge in [-0.1, -0.05) is 62.9 Å². The maximum atomic E-state index is 2.29. The van der Waals surface area contributed by atoms with Crippen molar-refractivity contribution in [1.82, 2.24) is 0 Å². The molecule has 2 aromatic rings. The molecule has 0 heterocycles. The first-order valence-corrected chi connectivity index (χ1v) is 6.71. The largest absolute Gasteiger partial charge is 0.0901 e. The summed E-state index contributed by atoms with van der Waals surface area (Å²) in [6, 6.07) is 19.3. The van der Waals surface area contributed by atoms with E-state index in [9.17, 15) is 0 Å². The lowest BCUT2D eigenvalue weighted by Crippen LogP contribution is -2.10. The third-order valence-electron chi connectivity index (χ3n) is 2.68. The SMILES string of the molecule is CC(C)(C)c1cccc(Sc2ccccc2)c1. The lowest BCUT2D eigenvalue weighted by atomic mass is 9.87. The summed E-state index contributed by atoms with van der Waals surface area (Å²) in [4.78, 5) is 2.60. The summed E-state index contributed by atoms with van der Waals surface area (Å²) in [5.74, 6) is 0. The van der Waals surface area contributed by atoms with E-state index in [0.717, 1.165) is 0 Å². The molecule has 0 saturated heterocycles. The van der Waals surface area contributed by atoms with Crippen molar-refractivity contribution in [1.29, 1.82) is 0 Å². The fourth-order valence-corrected chi connectivity index (χ4v) is 2.55. The molecule has 88 valence electrons. The molecule has 0 aliphatic carbocycles. The molecule has 0 nitrogen and oxygen atoms in total. The molecular weight excluding hydrogens is 224 g/mol. The van der Waals surface area contributed by atoms with Gasteiger partial charge in [-0.3, -0.25) is 0 Å². The van der Waals surface area contributed by atoms with E-state index in [-0.39, 0.29) is 5.41 Å². The topological polar surface area (TPSA) is 0 Å². The molecule has 0 saturated carbocycles. The van der Waals surface area contributed by atoms with Gasteiger partial charge in [-0.25, -0.2) is 0 Å². The Morgan fingerprint density at radius 3 is 2.06 bits per heavy atom. The molecule has 0 bridgehead atoms. The summed E-state index contributed by atoms with van der Waals surface area (Å²) in [7, 11) is 0. The second kappa shape index (κ2) is 4.97. The van der Waals surface area contributed by atoms with Crippen LogP contribution < -0.4 is 0 Å². The molecule has 0 amide bonds. The van der Waals surface area contributed by atoms with E-state index in [1.165, 1.54) is 15.4 Å². The Morgan fingerprint density at radius 1 is 0.765 bits per heavy atom. The van der Waals surface area contributed by atoms with E-state index in [4.69, 9.17) is 0 Å². The van der Waals surface area contributed by atoms with Crippen LogP contribution >= 0.6 is 11.8 Å².